The predicted molar refractivity (Wildman–Crippen MR) is 90.8 cm³/mol. The van der Waals surface area contributed by atoms with Crippen molar-refractivity contribution in [2.24, 2.45) is 5.92 Å². The second-order valence-electron chi connectivity index (χ2n) is 5.09. The van der Waals surface area contributed by atoms with E-state index in [0.717, 1.165) is 54.6 Å². The van der Waals surface area contributed by atoms with Gasteiger partial charge in [0, 0.05) is 4.90 Å². The first kappa shape index (κ1) is 18.6. The van der Waals surface area contributed by atoms with Crippen LogP contribution >= 0.6 is 35.8 Å². The molecule has 118 valence electrons. The number of piperidine rings is 1. The normalized spacial score (nSPS) is 16.4. The third kappa shape index (κ3) is 6.07. The molecule has 1 fully saturated rings. The highest BCUT2D eigenvalue weighted by Gasteiger charge is 2.23. The zero-order valence-electron chi connectivity index (χ0n) is 11.8. The number of nitrogens with zero attached hydrogens (tertiary/aromatic N) is 1. The molecule has 0 unspecified atom stereocenters. The Balaban J connectivity index is 0.00000220. The topological polar surface area (TPSA) is 40.5 Å². The lowest BCUT2D eigenvalue weighted by molar-refractivity contribution is -0.143. The van der Waals surface area contributed by atoms with Gasteiger partial charge in [0.1, 0.15) is 0 Å². The fraction of sp³-hybridized carbons (Fsp3) is 0.533. The summed E-state index contributed by atoms with van der Waals surface area (Å²) in [5.41, 5.74) is 0. The molecule has 1 aliphatic heterocycles. The summed E-state index contributed by atoms with van der Waals surface area (Å²) in [6.07, 6.45) is 2.67. The van der Waals surface area contributed by atoms with Gasteiger partial charge in [-0.3, -0.25) is 4.79 Å². The van der Waals surface area contributed by atoms with Crippen LogP contribution in [-0.4, -0.2) is 41.4 Å². The van der Waals surface area contributed by atoms with Crippen molar-refractivity contribution in [2.75, 3.05) is 25.4 Å². The van der Waals surface area contributed by atoms with E-state index in [1.807, 2.05) is 24.3 Å². The lowest BCUT2D eigenvalue weighted by Crippen LogP contribution is -2.36. The van der Waals surface area contributed by atoms with Crippen LogP contribution in [-0.2, 0) is 4.79 Å². The molecule has 2 rings (SSSR count). The van der Waals surface area contributed by atoms with Gasteiger partial charge in [0.2, 0.25) is 0 Å². The van der Waals surface area contributed by atoms with E-state index < -0.39 is 5.97 Å². The van der Waals surface area contributed by atoms with Crippen LogP contribution in [0.15, 0.2) is 29.2 Å². The Morgan fingerprint density at radius 3 is 2.62 bits per heavy atom. The molecule has 0 atom stereocenters. The van der Waals surface area contributed by atoms with Crippen LogP contribution in [0, 0.1) is 5.92 Å². The number of carboxylic acids is 1. The van der Waals surface area contributed by atoms with Crippen LogP contribution in [0.25, 0.3) is 0 Å². The summed E-state index contributed by atoms with van der Waals surface area (Å²) in [5, 5.41) is 9.78. The van der Waals surface area contributed by atoms with E-state index in [2.05, 4.69) is 4.90 Å². The van der Waals surface area contributed by atoms with E-state index in [1.54, 1.807) is 11.8 Å². The van der Waals surface area contributed by atoms with Crippen molar-refractivity contribution in [3.8, 4) is 0 Å². The average molecular weight is 350 g/mol. The molecule has 0 spiro atoms. The van der Waals surface area contributed by atoms with Gasteiger partial charge in [-0.05, 0) is 56.8 Å². The second kappa shape index (κ2) is 9.57. The molecular formula is C15H21Cl2NO2S. The molecular weight excluding hydrogens is 329 g/mol. The van der Waals surface area contributed by atoms with Gasteiger partial charge < -0.3 is 10.0 Å². The van der Waals surface area contributed by atoms with Gasteiger partial charge in [-0.2, -0.15) is 0 Å². The van der Waals surface area contributed by atoms with Crippen molar-refractivity contribution in [1.29, 1.82) is 0 Å². The number of benzene rings is 1. The summed E-state index contributed by atoms with van der Waals surface area (Å²) in [6, 6.07) is 7.91. The van der Waals surface area contributed by atoms with Crippen molar-refractivity contribution >= 4 is 41.7 Å². The first-order valence-electron chi connectivity index (χ1n) is 6.99. The van der Waals surface area contributed by atoms with Crippen molar-refractivity contribution in [1.82, 2.24) is 4.90 Å². The van der Waals surface area contributed by atoms with Crippen LogP contribution in [0.1, 0.15) is 19.3 Å². The van der Waals surface area contributed by atoms with Crippen LogP contribution in [0.3, 0.4) is 0 Å². The number of carboxylic acid groups (broad SMARTS) is 1. The van der Waals surface area contributed by atoms with Crippen LogP contribution < -0.4 is 0 Å². The first-order valence-corrected chi connectivity index (χ1v) is 8.35. The maximum absolute atomic E-state index is 10.9. The lowest BCUT2D eigenvalue weighted by atomic mass is 9.97. The third-order valence-electron chi connectivity index (χ3n) is 3.65. The minimum absolute atomic E-state index is 0. The molecule has 1 saturated heterocycles. The quantitative estimate of drug-likeness (QED) is 0.621. The number of halogens is 2. The molecule has 21 heavy (non-hydrogen) atoms. The fourth-order valence-electron chi connectivity index (χ4n) is 2.44. The van der Waals surface area contributed by atoms with Gasteiger partial charge >= 0.3 is 5.97 Å². The Bertz CT molecular complexity index is 451. The highest BCUT2D eigenvalue weighted by atomic mass is 35.5. The summed E-state index contributed by atoms with van der Waals surface area (Å²) in [7, 11) is 0. The highest BCUT2D eigenvalue weighted by molar-refractivity contribution is 7.99. The van der Waals surface area contributed by atoms with Gasteiger partial charge in [-0.25, -0.2) is 0 Å². The van der Waals surface area contributed by atoms with Gasteiger partial charge in [-0.15, -0.1) is 24.2 Å². The van der Waals surface area contributed by atoms with Crippen molar-refractivity contribution in [2.45, 2.75) is 24.2 Å². The summed E-state index contributed by atoms with van der Waals surface area (Å²) in [6.45, 7) is 2.87. The van der Waals surface area contributed by atoms with Crippen molar-refractivity contribution in [3.05, 3.63) is 29.3 Å². The number of hydrogen-bond acceptors (Lipinski definition) is 3. The molecule has 3 nitrogen and oxygen atoms in total. The highest BCUT2D eigenvalue weighted by Crippen LogP contribution is 2.27. The van der Waals surface area contributed by atoms with Gasteiger partial charge in [0.25, 0.3) is 0 Å². The fourth-order valence-corrected chi connectivity index (χ4v) is 3.61. The van der Waals surface area contributed by atoms with E-state index in [0.29, 0.717) is 0 Å². The predicted octanol–water partition coefficient (Wildman–Crippen LogP) is 4.04. The summed E-state index contributed by atoms with van der Waals surface area (Å²) in [4.78, 5) is 14.4. The minimum atomic E-state index is -0.640. The summed E-state index contributed by atoms with van der Waals surface area (Å²) < 4.78 is 0. The molecule has 0 amide bonds. The Morgan fingerprint density at radius 1 is 1.33 bits per heavy atom. The lowest BCUT2D eigenvalue weighted by Gasteiger charge is -2.29. The second-order valence-corrected chi connectivity index (χ2v) is 6.63. The number of carbonyl (C=O) groups is 1. The van der Waals surface area contributed by atoms with E-state index in [-0.39, 0.29) is 18.3 Å². The van der Waals surface area contributed by atoms with Gasteiger partial charge in [0.05, 0.1) is 10.9 Å². The molecule has 1 aromatic rings. The molecule has 0 radical (unpaired) electrons. The van der Waals surface area contributed by atoms with E-state index in [9.17, 15) is 4.79 Å². The number of thioether (sulfide) groups is 1. The Morgan fingerprint density at radius 2 is 2.00 bits per heavy atom. The van der Waals surface area contributed by atoms with E-state index in [4.69, 9.17) is 16.7 Å². The molecule has 0 aliphatic carbocycles. The van der Waals surface area contributed by atoms with Crippen molar-refractivity contribution < 1.29 is 9.90 Å². The summed E-state index contributed by atoms with van der Waals surface area (Å²) >= 11 is 7.90. The maximum atomic E-state index is 10.9. The van der Waals surface area contributed by atoms with E-state index in [1.165, 1.54) is 0 Å². The minimum Gasteiger partial charge on any atom is -0.481 e. The zero-order valence-corrected chi connectivity index (χ0v) is 14.2. The Hall–Kier alpha value is -0.420. The molecule has 1 N–H and O–H groups in total. The van der Waals surface area contributed by atoms with E-state index >= 15 is 0 Å². The summed E-state index contributed by atoms with van der Waals surface area (Å²) in [5.74, 6) is 0.269. The van der Waals surface area contributed by atoms with Crippen LogP contribution in [0.4, 0.5) is 0 Å². The standard InChI is InChI=1S/C15H20ClNO2S.ClH/c16-13-4-1-2-5-14(13)20-11-3-8-17-9-6-12(7-10-17)15(18)19;/h1-2,4-5,12H,3,6-11H2,(H,18,19);1H. The van der Waals surface area contributed by atoms with Crippen LogP contribution in [0.2, 0.25) is 5.02 Å². The molecule has 0 aromatic heterocycles. The van der Waals surface area contributed by atoms with Gasteiger partial charge in [0.15, 0.2) is 0 Å². The Labute approximate surface area is 141 Å². The Kier molecular flexibility index (Phi) is 8.49. The molecule has 1 aliphatic rings. The third-order valence-corrected chi connectivity index (χ3v) is 5.25. The van der Waals surface area contributed by atoms with Crippen LogP contribution in [0.5, 0.6) is 0 Å². The monoisotopic (exact) mass is 349 g/mol. The molecule has 0 bridgehead atoms. The number of hydrogen-bond donors (Lipinski definition) is 1. The zero-order chi connectivity index (χ0) is 14.4. The smallest absolute Gasteiger partial charge is 0.306 e. The molecule has 1 heterocycles. The number of rotatable bonds is 6. The number of aliphatic carboxylic acids is 1. The first-order chi connectivity index (χ1) is 9.66. The molecule has 1 aromatic carbocycles. The SMILES string of the molecule is Cl.O=C(O)C1CCN(CCCSc2ccccc2Cl)CC1. The van der Waals surface area contributed by atoms with Gasteiger partial charge in [-0.1, -0.05) is 23.7 Å². The maximum Gasteiger partial charge on any atom is 0.306 e. The van der Waals surface area contributed by atoms with Crippen molar-refractivity contribution in [3.63, 3.8) is 0 Å². The largest absolute Gasteiger partial charge is 0.481 e. The molecule has 6 heteroatoms. The average Bonchev–Trinajstić information content (AvgIpc) is 2.46. The molecule has 0 saturated carbocycles. The number of likely N-dealkylation sites (tertiary alicyclic amines) is 1.